The lowest BCUT2D eigenvalue weighted by molar-refractivity contribution is -0.0474. The number of aryl methyl sites for hydroxylation is 1. The van der Waals surface area contributed by atoms with Crippen LogP contribution in [0, 0.1) is 19.3 Å². The van der Waals surface area contributed by atoms with Crippen LogP contribution < -0.4 is 17.2 Å². The molecular formula is C12H19N4O13P3. The van der Waals surface area contributed by atoms with Gasteiger partial charge in [-0.05, 0) is 13.0 Å². The Bertz CT molecular complexity index is 1210. The lowest BCUT2D eigenvalue weighted by Gasteiger charge is -2.28. The summed E-state index contributed by atoms with van der Waals surface area (Å²) in [4.78, 5) is 51.7. The second-order valence-electron chi connectivity index (χ2n) is 6.21. The van der Waals surface area contributed by atoms with Crippen molar-refractivity contribution in [2.45, 2.75) is 30.9 Å². The Morgan fingerprint density at radius 2 is 1.94 bits per heavy atom. The van der Waals surface area contributed by atoms with Crippen LogP contribution in [0.2, 0.25) is 0 Å². The Balaban J connectivity index is 2.41. The number of phosphoric ester groups is 1. The Labute approximate surface area is 182 Å². The maximum Gasteiger partial charge on any atom is 0.490 e. The number of nitrogens with zero attached hydrogens (tertiary/aromatic N) is 2. The van der Waals surface area contributed by atoms with Crippen LogP contribution in [0.3, 0.4) is 0 Å². The van der Waals surface area contributed by atoms with Crippen molar-refractivity contribution < 1.29 is 59.0 Å². The molecule has 17 nitrogen and oxygen atoms in total. The van der Waals surface area contributed by atoms with E-state index in [1.807, 2.05) is 5.92 Å². The zero-order valence-corrected chi connectivity index (χ0v) is 18.5. The minimum Gasteiger partial charge on any atom is -0.387 e. The van der Waals surface area contributed by atoms with Gasteiger partial charge in [0.05, 0.1) is 9.30 Å². The van der Waals surface area contributed by atoms with E-state index in [4.69, 9.17) is 35.2 Å². The summed E-state index contributed by atoms with van der Waals surface area (Å²) in [6, 6.07) is 1.20. The molecule has 0 aromatic carbocycles. The number of hydrogen-bond acceptors (Lipinski definition) is 12. The fraction of sp³-hybridized carbons (Fsp3) is 0.500. The van der Waals surface area contributed by atoms with E-state index in [1.165, 1.54) is 13.0 Å². The molecule has 1 fully saturated rings. The Hall–Kier alpha value is -1.47. The normalized spacial score (nSPS) is 31.1. The number of nitrogen functional groups attached to an aromatic ring is 1. The highest BCUT2D eigenvalue weighted by Gasteiger charge is 2.55. The molecule has 2 rings (SSSR count). The molecule has 32 heavy (non-hydrogen) atoms. The van der Waals surface area contributed by atoms with Gasteiger partial charge >= 0.3 is 29.2 Å². The first-order valence-corrected chi connectivity index (χ1v) is 12.5. The second-order valence-corrected chi connectivity index (χ2v) is 10.6. The molecule has 1 aromatic heterocycles. The van der Waals surface area contributed by atoms with Crippen molar-refractivity contribution >= 4 is 29.3 Å². The zero-order chi connectivity index (χ0) is 26.5. The number of hydrogen-bond donors (Lipinski definition) is 7. The van der Waals surface area contributed by atoms with Crippen LogP contribution in [-0.4, -0.2) is 58.5 Å². The van der Waals surface area contributed by atoms with Crippen LogP contribution in [0.4, 0.5) is 5.82 Å². The van der Waals surface area contributed by atoms with Crippen molar-refractivity contribution in [3.8, 4) is 12.3 Å². The van der Waals surface area contributed by atoms with Gasteiger partial charge in [-0.2, -0.15) is 13.6 Å². The standard InChI is InChI=1S/C12H19N4O13P3/c1-3-12(14)9(17)7(27-10(12)16-6(2)4-8(13)15-11(16)18)5-26-31(22,23)29-32(24,25)28-30(19,20)21/h1,4,7,9-10,17H,5,14H2,2H3,(H,22,23)(H,24,25)(H2,13,15,18)(H2,19,20,21)/t7-,9+,10-,12?/m1/s1/i5D2. The third kappa shape index (κ3) is 6.10. The Kier molecular flexibility index (Phi) is 6.70. The highest BCUT2D eigenvalue weighted by molar-refractivity contribution is 7.66. The second kappa shape index (κ2) is 9.05. The molecule has 180 valence electrons. The molecule has 1 aliphatic heterocycles. The molecule has 9 N–H and O–H groups in total. The minimum atomic E-state index is -6.01. The first kappa shape index (κ1) is 23.7. The molecule has 1 saturated heterocycles. The van der Waals surface area contributed by atoms with Crippen molar-refractivity contribution in [3.05, 3.63) is 22.2 Å². The summed E-state index contributed by atoms with van der Waals surface area (Å²) in [5, 5.41) is 10.6. The van der Waals surface area contributed by atoms with E-state index >= 15 is 0 Å². The summed E-state index contributed by atoms with van der Waals surface area (Å²) in [7, 11) is -17.7. The van der Waals surface area contributed by atoms with Crippen LogP contribution >= 0.6 is 23.5 Å². The van der Waals surface area contributed by atoms with Gasteiger partial charge in [0, 0.05) is 5.69 Å². The summed E-state index contributed by atoms with van der Waals surface area (Å²) in [5.41, 5.74) is 8.08. The number of terminal acetylenes is 1. The van der Waals surface area contributed by atoms with Gasteiger partial charge in [0.25, 0.3) is 0 Å². The predicted molar refractivity (Wildman–Crippen MR) is 103 cm³/mol. The number of aliphatic hydroxyl groups excluding tert-OH is 1. The average molecular weight is 522 g/mol. The van der Waals surface area contributed by atoms with E-state index in [0.29, 0.717) is 0 Å². The van der Waals surface area contributed by atoms with E-state index in [-0.39, 0.29) is 11.5 Å². The molecule has 20 heteroatoms. The molecule has 0 spiro atoms. The predicted octanol–water partition coefficient (Wildman–Crippen LogP) is -1.93. The molecule has 0 saturated carbocycles. The summed E-state index contributed by atoms with van der Waals surface area (Å²) >= 11 is 0. The summed E-state index contributed by atoms with van der Waals surface area (Å²) in [6.07, 6.45) is -1.04. The number of aromatic nitrogens is 2. The molecule has 3 unspecified atom stereocenters. The minimum absolute atomic E-state index is 0.0638. The highest BCUT2D eigenvalue weighted by Crippen LogP contribution is 2.66. The van der Waals surface area contributed by atoms with Gasteiger partial charge in [0.2, 0.25) is 0 Å². The monoisotopic (exact) mass is 522 g/mol. The summed E-state index contributed by atoms with van der Waals surface area (Å²) in [5.74, 6) is 1.75. The fourth-order valence-corrected chi connectivity index (χ4v) is 5.45. The van der Waals surface area contributed by atoms with Crippen LogP contribution in [0.15, 0.2) is 10.9 Å². The largest absolute Gasteiger partial charge is 0.490 e. The van der Waals surface area contributed by atoms with Gasteiger partial charge < -0.3 is 40.9 Å². The van der Waals surface area contributed by atoms with E-state index < -0.39 is 59.7 Å². The molecule has 1 aliphatic rings. The lowest BCUT2D eigenvalue weighted by atomic mass is 9.92. The third-order valence-corrected chi connectivity index (χ3v) is 7.48. The maximum atomic E-state index is 12.3. The maximum absolute atomic E-state index is 12.3. The van der Waals surface area contributed by atoms with Crippen molar-refractivity contribution in [1.29, 1.82) is 0 Å². The molecular weight excluding hydrogens is 501 g/mol. The van der Waals surface area contributed by atoms with Crippen LogP contribution in [-0.2, 0) is 31.6 Å². The summed E-state index contributed by atoms with van der Waals surface area (Å²) in [6.45, 7) is -2.25. The van der Waals surface area contributed by atoms with E-state index in [1.54, 1.807) is 0 Å². The van der Waals surface area contributed by atoms with Gasteiger partial charge in [-0.1, -0.05) is 5.92 Å². The zero-order valence-electron chi connectivity index (χ0n) is 17.8. The van der Waals surface area contributed by atoms with Crippen LogP contribution in [0.25, 0.3) is 0 Å². The van der Waals surface area contributed by atoms with Crippen molar-refractivity contribution in [1.82, 2.24) is 9.55 Å². The molecule has 0 radical (unpaired) electrons. The number of rotatable bonds is 8. The molecule has 0 aliphatic carbocycles. The number of ether oxygens (including phenoxy) is 1. The Morgan fingerprint density at radius 3 is 2.44 bits per heavy atom. The highest BCUT2D eigenvalue weighted by atomic mass is 31.3. The molecule has 6 atom stereocenters. The average Bonchev–Trinajstić information content (AvgIpc) is 2.83. The number of aliphatic hydroxyl groups is 1. The van der Waals surface area contributed by atoms with Gasteiger partial charge in [0.1, 0.15) is 18.0 Å². The quantitative estimate of drug-likeness (QED) is 0.144. The molecule has 0 bridgehead atoms. The fourth-order valence-electron chi connectivity index (χ4n) is 2.58. The van der Waals surface area contributed by atoms with Gasteiger partial charge in [0.15, 0.2) is 11.8 Å². The SMILES string of the molecule is [2H]C([2H])(OP(=O)(O)OP(=O)(O)OP(=O)(O)O)[C@H]1O[C@@H](n2c(C)cc(N)nc2=O)C(N)(C#C)[C@H]1O. The smallest absolute Gasteiger partial charge is 0.387 e. The number of nitrogens with two attached hydrogens (primary N) is 2. The van der Waals surface area contributed by atoms with E-state index in [9.17, 15) is 33.4 Å². The molecule has 1 aromatic rings. The van der Waals surface area contributed by atoms with Gasteiger partial charge in [-0.25, -0.2) is 18.5 Å². The third-order valence-electron chi connectivity index (χ3n) is 3.81. The first-order valence-electron chi connectivity index (χ1n) is 8.94. The van der Waals surface area contributed by atoms with E-state index in [2.05, 4.69) is 18.1 Å². The van der Waals surface area contributed by atoms with Gasteiger partial charge in [-0.3, -0.25) is 9.09 Å². The number of phosphoric acid groups is 3. The lowest BCUT2D eigenvalue weighted by Crippen LogP contribution is -2.55. The Morgan fingerprint density at radius 1 is 1.34 bits per heavy atom. The topological polar surface area (TPSA) is 276 Å². The van der Waals surface area contributed by atoms with Crippen LogP contribution in [0.5, 0.6) is 0 Å². The van der Waals surface area contributed by atoms with Crippen molar-refractivity contribution in [3.63, 3.8) is 0 Å². The first-order chi connectivity index (χ1) is 15.1. The molecule has 0 amide bonds. The number of anilines is 1. The van der Waals surface area contributed by atoms with Gasteiger partial charge in [-0.15, -0.1) is 6.42 Å². The van der Waals surface area contributed by atoms with Crippen molar-refractivity contribution in [2.24, 2.45) is 5.73 Å². The van der Waals surface area contributed by atoms with Crippen molar-refractivity contribution in [2.75, 3.05) is 12.3 Å². The molecule has 2 heterocycles. The van der Waals surface area contributed by atoms with E-state index in [0.717, 1.165) is 4.57 Å². The summed E-state index contributed by atoms with van der Waals surface area (Å²) < 4.78 is 67.1. The van der Waals surface area contributed by atoms with Crippen LogP contribution in [0.1, 0.15) is 14.7 Å².